The maximum atomic E-state index is 9.00. The topological polar surface area (TPSA) is 27.0 Å². The van der Waals surface area contributed by atoms with Crippen LogP contribution in [0.2, 0.25) is 0 Å². The Morgan fingerprint density at radius 2 is 1.86 bits per heavy atom. The fourth-order valence-corrected chi connectivity index (χ4v) is 2.07. The molecule has 0 amide bonds. The second kappa shape index (κ2) is 4.79. The predicted molar refractivity (Wildman–Crippen MR) is 58.9 cm³/mol. The van der Waals surface area contributed by atoms with Crippen molar-refractivity contribution in [2.75, 3.05) is 13.6 Å². The minimum atomic E-state index is -0.308. The molecule has 0 unspecified atom stereocenters. The number of rotatable bonds is 3. The van der Waals surface area contributed by atoms with Crippen molar-refractivity contribution in [3.8, 4) is 6.07 Å². The Kier molecular flexibility index (Phi) is 3.95. The highest BCUT2D eigenvalue weighted by molar-refractivity contribution is 5.00. The quantitative estimate of drug-likeness (QED) is 0.690. The third-order valence-electron chi connectivity index (χ3n) is 3.48. The molecule has 2 heteroatoms. The Bertz CT molecular complexity index is 209. The molecule has 0 N–H and O–H groups in total. The number of hydrogen-bond acceptors (Lipinski definition) is 2. The van der Waals surface area contributed by atoms with E-state index in [0.29, 0.717) is 0 Å². The molecule has 2 nitrogen and oxygen atoms in total. The van der Waals surface area contributed by atoms with Gasteiger partial charge in [-0.1, -0.05) is 19.3 Å². The van der Waals surface area contributed by atoms with Gasteiger partial charge in [0.25, 0.3) is 0 Å². The predicted octanol–water partition coefficient (Wildman–Crippen LogP) is 2.80. The molecular formula is C12H22N2. The highest BCUT2D eigenvalue weighted by Crippen LogP contribution is 2.25. The van der Waals surface area contributed by atoms with Crippen molar-refractivity contribution < 1.29 is 0 Å². The second-order valence-electron chi connectivity index (χ2n) is 5.06. The summed E-state index contributed by atoms with van der Waals surface area (Å²) in [7, 11) is 2.07. The van der Waals surface area contributed by atoms with Crippen molar-refractivity contribution in [1.82, 2.24) is 4.90 Å². The van der Waals surface area contributed by atoms with Crippen molar-refractivity contribution in [2.45, 2.75) is 51.5 Å². The molecule has 0 aromatic carbocycles. The normalized spacial score (nSPS) is 19.6. The maximum Gasteiger partial charge on any atom is 0.103 e. The first-order valence-corrected chi connectivity index (χ1v) is 5.69. The van der Waals surface area contributed by atoms with Gasteiger partial charge in [-0.05, 0) is 39.7 Å². The van der Waals surface area contributed by atoms with E-state index in [1.165, 1.54) is 32.1 Å². The van der Waals surface area contributed by atoms with Crippen LogP contribution in [0.15, 0.2) is 0 Å². The molecule has 0 aliphatic heterocycles. The molecule has 1 fully saturated rings. The van der Waals surface area contributed by atoms with Crippen LogP contribution in [0.25, 0.3) is 0 Å². The number of nitriles is 1. The molecular weight excluding hydrogens is 172 g/mol. The van der Waals surface area contributed by atoms with E-state index >= 15 is 0 Å². The van der Waals surface area contributed by atoms with Crippen LogP contribution in [0, 0.1) is 17.2 Å². The summed E-state index contributed by atoms with van der Waals surface area (Å²) in [6.45, 7) is 5.08. The van der Waals surface area contributed by atoms with E-state index in [9.17, 15) is 0 Å². The van der Waals surface area contributed by atoms with E-state index in [1.807, 2.05) is 13.8 Å². The van der Waals surface area contributed by atoms with Gasteiger partial charge < -0.3 is 0 Å². The molecule has 80 valence electrons. The van der Waals surface area contributed by atoms with Crippen LogP contribution in [-0.2, 0) is 0 Å². The highest BCUT2D eigenvalue weighted by atomic mass is 15.2. The first-order valence-electron chi connectivity index (χ1n) is 5.69. The molecule has 14 heavy (non-hydrogen) atoms. The molecule has 1 saturated carbocycles. The largest absolute Gasteiger partial charge is 0.289 e. The minimum absolute atomic E-state index is 0.308. The lowest BCUT2D eigenvalue weighted by Crippen LogP contribution is -2.42. The Morgan fingerprint density at radius 3 is 2.36 bits per heavy atom. The lowest BCUT2D eigenvalue weighted by Gasteiger charge is -2.33. The SMILES string of the molecule is CN(CC1CCCCC1)C(C)(C)C#N. The molecule has 0 bridgehead atoms. The van der Waals surface area contributed by atoms with Crippen LogP contribution in [0.3, 0.4) is 0 Å². The lowest BCUT2D eigenvalue weighted by molar-refractivity contribution is 0.159. The van der Waals surface area contributed by atoms with Gasteiger partial charge in [0.05, 0.1) is 6.07 Å². The molecule has 1 aliphatic rings. The first kappa shape index (κ1) is 11.5. The van der Waals surface area contributed by atoms with E-state index in [0.717, 1.165) is 12.5 Å². The summed E-state index contributed by atoms with van der Waals surface area (Å²) >= 11 is 0. The van der Waals surface area contributed by atoms with Crippen LogP contribution in [0.1, 0.15) is 46.0 Å². The van der Waals surface area contributed by atoms with Gasteiger partial charge in [0.1, 0.15) is 5.54 Å². The van der Waals surface area contributed by atoms with Crippen LogP contribution >= 0.6 is 0 Å². The van der Waals surface area contributed by atoms with Crippen molar-refractivity contribution in [3.05, 3.63) is 0 Å². The van der Waals surface area contributed by atoms with Gasteiger partial charge in [-0.25, -0.2) is 0 Å². The standard InChI is InChI=1S/C12H22N2/c1-12(2,10-13)14(3)9-11-7-5-4-6-8-11/h11H,4-9H2,1-3H3. The average molecular weight is 194 g/mol. The van der Waals surface area contributed by atoms with Crippen LogP contribution < -0.4 is 0 Å². The van der Waals surface area contributed by atoms with Gasteiger partial charge in [-0.15, -0.1) is 0 Å². The molecule has 0 atom stereocenters. The van der Waals surface area contributed by atoms with E-state index < -0.39 is 0 Å². The van der Waals surface area contributed by atoms with Crippen LogP contribution in [-0.4, -0.2) is 24.0 Å². The molecule has 0 heterocycles. The zero-order chi connectivity index (χ0) is 10.6. The van der Waals surface area contributed by atoms with Gasteiger partial charge in [-0.3, -0.25) is 4.90 Å². The van der Waals surface area contributed by atoms with E-state index in [-0.39, 0.29) is 5.54 Å². The summed E-state index contributed by atoms with van der Waals surface area (Å²) in [6, 6.07) is 2.36. The Hall–Kier alpha value is -0.550. The van der Waals surface area contributed by atoms with E-state index in [4.69, 9.17) is 5.26 Å². The Balaban J connectivity index is 2.39. The molecule has 0 spiro atoms. The van der Waals surface area contributed by atoms with Gasteiger partial charge in [0, 0.05) is 6.54 Å². The molecule has 0 radical (unpaired) electrons. The summed E-state index contributed by atoms with van der Waals surface area (Å²) in [5, 5.41) is 9.00. The average Bonchev–Trinajstić information content (AvgIpc) is 2.19. The zero-order valence-electron chi connectivity index (χ0n) is 9.71. The van der Waals surface area contributed by atoms with Crippen LogP contribution in [0.4, 0.5) is 0 Å². The zero-order valence-corrected chi connectivity index (χ0v) is 9.71. The molecule has 0 saturated heterocycles. The van der Waals surface area contributed by atoms with E-state index in [1.54, 1.807) is 0 Å². The molecule has 1 aliphatic carbocycles. The van der Waals surface area contributed by atoms with Gasteiger partial charge in [0.2, 0.25) is 0 Å². The first-order chi connectivity index (χ1) is 6.56. The number of nitrogens with zero attached hydrogens (tertiary/aromatic N) is 2. The highest BCUT2D eigenvalue weighted by Gasteiger charge is 2.25. The molecule has 1 rings (SSSR count). The van der Waals surface area contributed by atoms with Crippen molar-refractivity contribution in [2.24, 2.45) is 5.92 Å². The maximum absolute atomic E-state index is 9.00. The summed E-state index contributed by atoms with van der Waals surface area (Å²) in [5.74, 6) is 0.821. The fraction of sp³-hybridized carbons (Fsp3) is 0.917. The van der Waals surface area contributed by atoms with Crippen molar-refractivity contribution in [3.63, 3.8) is 0 Å². The monoisotopic (exact) mass is 194 g/mol. The summed E-state index contributed by atoms with van der Waals surface area (Å²) in [4.78, 5) is 2.20. The van der Waals surface area contributed by atoms with Gasteiger partial charge >= 0.3 is 0 Å². The third kappa shape index (κ3) is 2.99. The lowest BCUT2D eigenvalue weighted by atomic mass is 9.88. The minimum Gasteiger partial charge on any atom is -0.289 e. The van der Waals surface area contributed by atoms with Gasteiger partial charge in [-0.2, -0.15) is 5.26 Å². The van der Waals surface area contributed by atoms with Crippen LogP contribution in [0.5, 0.6) is 0 Å². The van der Waals surface area contributed by atoms with Crippen molar-refractivity contribution in [1.29, 1.82) is 5.26 Å². The molecule has 0 aromatic rings. The Morgan fingerprint density at radius 1 is 1.29 bits per heavy atom. The summed E-state index contributed by atoms with van der Waals surface area (Å²) in [6.07, 6.45) is 6.87. The van der Waals surface area contributed by atoms with Gasteiger partial charge in [0.15, 0.2) is 0 Å². The number of hydrogen-bond donors (Lipinski definition) is 0. The Labute approximate surface area is 87.9 Å². The van der Waals surface area contributed by atoms with E-state index in [2.05, 4.69) is 18.0 Å². The second-order valence-corrected chi connectivity index (χ2v) is 5.06. The molecule has 0 aromatic heterocycles. The summed E-state index contributed by atoms with van der Waals surface area (Å²) < 4.78 is 0. The van der Waals surface area contributed by atoms with Crippen molar-refractivity contribution >= 4 is 0 Å². The summed E-state index contributed by atoms with van der Waals surface area (Å²) in [5.41, 5.74) is -0.308. The third-order valence-corrected chi connectivity index (χ3v) is 3.48. The fourth-order valence-electron chi connectivity index (χ4n) is 2.07. The smallest absolute Gasteiger partial charge is 0.103 e.